The van der Waals surface area contributed by atoms with E-state index in [1.54, 1.807) is 0 Å². The Morgan fingerprint density at radius 3 is 2.67 bits per heavy atom. The average Bonchev–Trinajstić information content (AvgIpc) is 2.64. The molecule has 0 unspecified atom stereocenters. The van der Waals surface area contributed by atoms with Crippen LogP contribution in [0.4, 0.5) is 0 Å². The van der Waals surface area contributed by atoms with Crippen LogP contribution in [0.25, 0.3) is 11.0 Å². The van der Waals surface area contributed by atoms with Crippen LogP contribution in [-0.2, 0) is 5.41 Å². The van der Waals surface area contributed by atoms with E-state index < -0.39 is 0 Å². The predicted molar refractivity (Wildman–Crippen MR) is 63.0 cm³/mol. The Morgan fingerprint density at radius 2 is 2.07 bits per heavy atom. The quantitative estimate of drug-likeness (QED) is 0.815. The second-order valence-corrected chi connectivity index (χ2v) is 4.69. The highest BCUT2D eigenvalue weighted by Gasteiger charge is 2.23. The van der Waals surface area contributed by atoms with Gasteiger partial charge in [-0.2, -0.15) is 0 Å². The van der Waals surface area contributed by atoms with Gasteiger partial charge in [-0.1, -0.05) is 32.0 Å². The predicted octanol–water partition coefficient (Wildman–Crippen LogP) is 2.98. The van der Waals surface area contributed by atoms with Crippen molar-refractivity contribution in [3.8, 4) is 0 Å². The molecule has 2 heteroatoms. The average molecular weight is 203 g/mol. The highest BCUT2D eigenvalue weighted by molar-refractivity contribution is 5.81. The van der Waals surface area contributed by atoms with Crippen LogP contribution in [-0.4, -0.2) is 6.54 Å². The summed E-state index contributed by atoms with van der Waals surface area (Å²) in [7, 11) is 0. The standard InChI is InChI=1S/C13H17NO/c1-9-5-4-6-10-7-11(15-12(9)10)13(2,3)8-14/h4-7H,8,14H2,1-3H3. The van der Waals surface area contributed by atoms with E-state index in [0.717, 1.165) is 16.7 Å². The highest BCUT2D eigenvalue weighted by Crippen LogP contribution is 2.30. The number of hydrogen-bond acceptors (Lipinski definition) is 2. The Morgan fingerprint density at radius 1 is 1.33 bits per heavy atom. The molecule has 0 fully saturated rings. The first-order valence-corrected chi connectivity index (χ1v) is 5.24. The van der Waals surface area contributed by atoms with Crippen molar-refractivity contribution in [2.45, 2.75) is 26.2 Å². The van der Waals surface area contributed by atoms with Crippen molar-refractivity contribution < 1.29 is 4.42 Å². The van der Waals surface area contributed by atoms with Gasteiger partial charge in [-0.25, -0.2) is 0 Å². The lowest BCUT2D eigenvalue weighted by molar-refractivity contribution is 0.408. The minimum atomic E-state index is -0.0918. The zero-order valence-electron chi connectivity index (χ0n) is 9.50. The first-order valence-electron chi connectivity index (χ1n) is 5.24. The zero-order valence-corrected chi connectivity index (χ0v) is 9.50. The van der Waals surface area contributed by atoms with E-state index in [1.165, 1.54) is 5.56 Å². The molecule has 0 saturated heterocycles. The Kier molecular flexibility index (Phi) is 2.31. The summed E-state index contributed by atoms with van der Waals surface area (Å²) < 4.78 is 5.87. The monoisotopic (exact) mass is 203 g/mol. The number of para-hydroxylation sites is 1. The summed E-state index contributed by atoms with van der Waals surface area (Å²) in [6.07, 6.45) is 0. The van der Waals surface area contributed by atoms with Crippen LogP contribution >= 0.6 is 0 Å². The van der Waals surface area contributed by atoms with E-state index in [4.69, 9.17) is 10.2 Å². The molecule has 1 aromatic carbocycles. The van der Waals surface area contributed by atoms with Crippen molar-refractivity contribution in [3.63, 3.8) is 0 Å². The van der Waals surface area contributed by atoms with Crippen LogP contribution < -0.4 is 5.73 Å². The van der Waals surface area contributed by atoms with E-state index in [-0.39, 0.29) is 5.41 Å². The normalized spacial score (nSPS) is 12.3. The maximum atomic E-state index is 5.87. The van der Waals surface area contributed by atoms with Gasteiger partial charge in [-0.05, 0) is 18.6 Å². The van der Waals surface area contributed by atoms with Crippen LogP contribution in [0.1, 0.15) is 25.2 Å². The molecule has 0 bridgehead atoms. The Bertz CT molecular complexity index is 482. The Labute approximate surface area is 90.1 Å². The lowest BCUT2D eigenvalue weighted by atomic mass is 9.90. The van der Waals surface area contributed by atoms with Crippen molar-refractivity contribution in [3.05, 3.63) is 35.6 Å². The molecule has 0 amide bonds. The molecule has 80 valence electrons. The molecule has 2 N–H and O–H groups in total. The summed E-state index contributed by atoms with van der Waals surface area (Å²) in [4.78, 5) is 0. The highest BCUT2D eigenvalue weighted by atomic mass is 16.3. The van der Waals surface area contributed by atoms with Crippen LogP contribution in [0.3, 0.4) is 0 Å². The fourth-order valence-corrected chi connectivity index (χ4v) is 1.64. The molecule has 1 heterocycles. The Hall–Kier alpha value is -1.28. The summed E-state index contributed by atoms with van der Waals surface area (Å²) in [5.41, 5.74) is 7.80. The van der Waals surface area contributed by atoms with Gasteiger partial charge in [0, 0.05) is 17.3 Å². The SMILES string of the molecule is Cc1cccc2cc(C(C)(C)CN)oc12. The van der Waals surface area contributed by atoms with Crippen molar-refractivity contribution in [1.29, 1.82) is 0 Å². The number of nitrogens with two attached hydrogens (primary N) is 1. The summed E-state index contributed by atoms with van der Waals surface area (Å²) in [6, 6.07) is 8.27. The van der Waals surface area contributed by atoms with Gasteiger partial charge in [0.1, 0.15) is 11.3 Å². The minimum Gasteiger partial charge on any atom is -0.460 e. The van der Waals surface area contributed by atoms with E-state index in [9.17, 15) is 0 Å². The van der Waals surface area contributed by atoms with Gasteiger partial charge >= 0.3 is 0 Å². The topological polar surface area (TPSA) is 39.2 Å². The number of benzene rings is 1. The van der Waals surface area contributed by atoms with E-state index in [2.05, 4.69) is 39.0 Å². The third-order valence-corrected chi connectivity index (χ3v) is 2.92. The lowest BCUT2D eigenvalue weighted by Gasteiger charge is -2.18. The van der Waals surface area contributed by atoms with Gasteiger partial charge in [0.2, 0.25) is 0 Å². The summed E-state index contributed by atoms with van der Waals surface area (Å²) >= 11 is 0. The molecule has 0 aliphatic rings. The zero-order chi connectivity index (χ0) is 11.1. The van der Waals surface area contributed by atoms with Gasteiger partial charge < -0.3 is 10.2 Å². The number of aryl methyl sites for hydroxylation is 1. The molecule has 1 aromatic heterocycles. The first kappa shape index (κ1) is 10.2. The third kappa shape index (κ3) is 1.65. The molecule has 0 radical (unpaired) electrons. The van der Waals surface area contributed by atoms with Gasteiger partial charge in [0.05, 0.1) is 0 Å². The lowest BCUT2D eigenvalue weighted by Crippen LogP contribution is -2.27. The van der Waals surface area contributed by atoms with Crippen LogP contribution in [0.15, 0.2) is 28.7 Å². The Balaban J connectivity index is 2.62. The molecule has 2 rings (SSSR count). The van der Waals surface area contributed by atoms with E-state index in [1.807, 2.05) is 6.07 Å². The van der Waals surface area contributed by atoms with Crippen LogP contribution in [0.5, 0.6) is 0 Å². The molecular formula is C13H17NO. The molecule has 0 saturated carbocycles. The fraction of sp³-hybridized carbons (Fsp3) is 0.385. The van der Waals surface area contributed by atoms with Crippen molar-refractivity contribution in [1.82, 2.24) is 0 Å². The summed E-state index contributed by atoms with van der Waals surface area (Å²) in [6.45, 7) is 6.84. The number of furan rings is 1. The second-order valence-electron chi connectivity index (χ2n) is 4.69. The molecule has 15 heavy (non-hydrogen) atoms. The molecule has 0 atom stereocenters. The van der Waals surface area contributed by atoms with Gasteiger partial charge in [0.25, 0.3) is 0 Å². The van der Waals surface area contributed by atoms with Crippen LogP contribution in [0, 0.1) is 6.92 Å². The maximum Gasteiger partial charge on any atom is 0.137 e. The first-order chi connectivity index (χ1) is 7.04. The van der Waals surface area contributed by atoms with Gasteiger partial charge in [-0.3, -0.25) is 0 Å². The summed E-state index contributed by atoms with van der Waals surface area (Å²) in [5, 5.41) is 1.16. The largest absolute Gasteiger partial charge is 0.460 e. The second kappa shape index (κ2) is 3.38. The van der Waals surface area contributed by atoms with Crippen molar-refractivity contribution in [2.75, 3.05) is 6.54 Å². The minimum absolute atomic E-state index is 0.0918. The molecule has 2 nitrogen and oxygen atoms in total. The van der Waals surface area contributed by atoms with E-state index in [0.29, 0.717) is 6.54 Å². The molecule has 0 spiro atoms. The summed E-state index contributed by atoms with van der Waals surface area (Å²) in [5.74, 6) is 0.967. The van der Waals surface area contributed by atoms with Gasteiger partial charge in [-0.15, -0.1) is 0 Å². The smallest absolute Gasteiger partial charge is 0.137 e. The van der Waals surface area contributed by atoms with E-state index >= 15 is 0 Å². The third-order valence-electron chi connectivity index (χ3n) is 2.92. The van der Waals surface area contributed by atoms with Crippen molar-refractivity contribution in [2.24, 2.45) is 5.73 Å². The fourth-order valence-electron chi connectivity index (χ4n) is 1.64. The molecule has 0 aliphatic carbocycles. The molecule has 0 aliphatic heterocycles. The number of hydrogen-bond donors (Lipinski definition) is 1. The van der Waals surface area contributed by atoms with Gasteiger partial charge in [0.15, 0.2) is 0 Å². The van der Waals surface area contributed by atoms with Crippen LogP contribution in [0.2, 0.25) is 0 Å². The number of fused-ring (bicyclic) bond motifs is 1. The maximum absolute atomic E-state index is 5.87. The molecular weight excluding hydrogens is 186 g/mol. The number of rotatable bonds is 2. The molecule has 2 aromatic rings. The van der Waals surface area contributed by atoms with Crippen molar-refractivity contribution >= 4 is 11.0 Å².